The summed E-state index contributed by atoms with van der Waals surface area (Å²) in [6, 6.07) is 7.67. The van der Waals surface area contributed by atoms with Gasteiger partial charge in [-0.05, 0) is 31.0 Å². The smallest absolute Gasteiger partial charge is 0.220 e. The van der Waals surface area contributed by atoms with Gasteiger partial charge >= 0.3 is 0 Å². The Balaban J connectivity index is 1.74. The van der Waals surface area contributed by atoms with Crippen LogP contribution in [0.25, 0.3) is 0 Å². The molecule has 1 heterocycles. The van der Waals surface area contributed by atoms with Crippen molar-refractivity contribution in [1.29, 1.82) is 0 Å². The lowest BCUT2D eigenvalue weighted by atomic mass is 10.2. The van der Waals surface area contributed by atoms with Gasteiger partial charge in [-0.1, -0.05) is 12.1 Å². The molecule has 0 aliphatic rings. The molecule has 1 amide bonds. The van der Waals surface area contributed by atoms with Gasteiger partial charge < -0.3 is 10.1 Å². The van der Waals surface area contributed by atoms with Crippen LogP contribution in [0, 0.1) is 6.92 Å². The third kappa shape index (κ3) is 4.35. The van der Waals surface area contributed by atoms with Crippen molar-refractivity contribution in [2.45, 2.75) is 26.3 Å². The number of thiazole rings is 1. The quantitative estimate of drug-likeness (QED) is 0.890. The van der Waals surface area contributed by atoms with Crippen molar-refractivity contribution in [2.24, 2.45) is 0 Å². The molecule has 0 bridgehead atoms. The molecule has 1 aromatic heterocycles. The number of benzene rings is 1. The van der Waals surface area contributed by atoms with Gasteiger partial charge in [0.25, 0.3) is 0 Å². The van der Waals surface area contributed by atoms with Crippen molar-refractivity contribution in [2.75, 3.05) is 7.11 Å². The van der Waals surface area contributed by atoms with E-state index >= 15 is 0 Å². The molecule has 2 rings (SSSR count). The number of aromatic nitrogens is 1. The van der Waals surface area contributed by atoms with Gasteiger partial charge in [0.15, 0.2) is 0 Å². The average molecular weight is 290 g/mol. The third-order valence-corrected chi connectivity index (χ3v) is 3.75. The number of carbonyl (C=O) groups excluding carboxylic acids is 1. The van der Waals surface area contributed by atoms with E-state index in [0.717, 1.165) is 22.0 Å². The van der Waals surface area contributed by atoms with E-state index in [1.165, 1.54) is 0 Å². The SMILES string of the molecule is COc1ccc(CNC(=O)CCc2csc(C)n2)cc1. The molecule has 0 spiro atoms. The van der Waals surface area contributed by atoms with Crippen LogP contribution in [0.1, 0.15) is 22.7 Å². The molecule has 1 N–H and O–H groups in total. The molecule has 4 nitrogen and oxygen atoms in total. The van der Waals surface area contributed by atoms with Crippen LogP contribution in [0.3, 0.4) is 0 Å². The Kier molecular flexibility index (Phi) is 5.12. The summed E-state index contributed by atoms with van der Waals surface area (Å²) in [5.74, 6) is 0.866. The van der Waals surface area contributed by atoms with E-state index in [2.05, 4.69) is 10.3 Å². The summed E-state index contributed by atoms with van der Waals surface area (Å²) >= 11 is 1.62. The molecule has 0 saturated carbocycles. The summed E-state index contributed by atoms with van der Waals surface area (Å²) in [6.45, 7) is 2.51. The molecule has 0 aliphatic heterocycles. The Morgan fingerprint density at radius 3 is 2.70 bits per heavy atom. The van der Waals surface area contributed by atoms with E-state index in [0.29, 0.717) is 19.4 Å². The molecule has 5 heteroatoms. The van der Waals surface area contributed by atoms with Crippen molar-refractivity contribution in [1.82, 2.24) is 10.3 Å². The normalized spacial score (nSPS) is 10.3. The molecular formula is C15H18N2O2S. The highest BCUT2D eigenvalue weighted by Gasteiger charge is 2.04. The summed E-state index contributed by atoms with van der Waals surface area (Å²) < 4.78 is 5.09. The van der Waals surface area contributed by atoms with Crippen LogP contribution < -0.4 is 10.1 Å². The first-order valence-electron chi connectivity index (χ1n) is 6.48. The second-order valence-corrected chi connectivity index (χ2v) is 5.54. The van der Waals surface area contributed by atoms with Gasteiger partial charge in [0.2, 0.25) is 5.91 Å². The van der Waals surface area contributed by atoms with Gasteiger partial charge in [0.1, 0.15) is 5.75 Å². The van der Waals surface area contributed by atoms with Gasteiger partial charge in [-0.15, -0.1) is 11.3 Å². The first kappa shape index (κ1) is 14.5. The number of hydrogen-bond acceptors (Lipinski definition) is 4. The highest BCUT2D eigenvalue weighted by Crippen LogP contribution is 2.11. The Labute approximate surface area is 122 Å². The molecule has 0 saturated heterocycles. The predicted octanol–water partition coefficient (Wildman–Crippen LogP) is 2.71. The van der Waals surface area contributed by atoms with Crippen LogP contribution in [-0.2, 0) is 17.8 Å². The summed E-state index contributed by atoms with van der Waals surface area (Å²) in [5.41, 5.74) is 2.05. The number of nitrogens with zero attached hydrogens (tertiary/aromatic N) is 1. The molecule has 1 aromatic carbocycles. The van der Waals surface area contributed by atoms with Crippen molar-refractivity contribution >= 4 is 17.2 Å². The molecule has 2 aromatic rings. The second-order valence-electron chi connectivity index (χ2n) is 4.48. The van der Waals surface area contributed by atoms with Gasteiger partial charge in [0.05, 0.1) is 17.8 Å². The topological polar surface area (TPSA) is 51.2 Å². The van der Waals surface area contributed by atoms with Crippen molar-refractivity contribution in [3.63, 3.8) is 0 Å². The fourth-order valence-electron chi connectivity index (χ4n) is 1.80. The van der Waals surface area contributed by atoms with E-state index in [-0.39, 0.29) is 5.91 Å². The number of ether oxygens (including phenoxy) is 1. The van der Waals surface area contributed by atoms with Gasteiger partial charge in [-0.2, -0.15) is 0 Å². The zero-order chi connectivity index (χ0) is 14.4. The zero-order valence-corrected chi connectivity index (χ0v) is 12.5. The highest BCUT2D eigenvalue weighted by atomic mass is 32.1. The fraction of sp³-hybridized carbons (Fsp3) is 0.333. The minimum absolute atomic E-state index is 0.0477. The number of nitrogens with one attached hydrogen (secondary N) is 1. The minimum Gasteiger partial charge on any atom is -0.497 e. The molecule has 0 radical (unpaired) electrons. The molecule has 0 fully saturated rings. The Morgan fingerprint density at radius 2 is 2.10 bits per heavy atom. The average Bonchev–Trinajstić information content (AvgIpc) is 2.89. The van der Waals surface area contributed by atoms with Crippen molar-refractivity contribution in [3.05, 3.63) is 45.9 Å². The summed E-state index contributed by atoms with van der Waals surface area (Å²) in [5, 5.41) is 5.96. The monoisotopic (exact) mass is 290 g/mol. The van der Waals surface area contributed by atoms with E-state index in [1.54, 1.807) is 18.4 Å². The number of amides is 1. The number of carbonyl (C=O) groups is 1. The standard InChI is InChI=1S/C15H18N2O2S/c1-11-17-13(10-20-11)5-8-15(18)16-9-12-3-6-14(19-2)7-4-12/h3-4,6-7,10H,5,8-9H2,1-2H3,(H,16,18). The molecule has 0 unspecified atom stereocenters. The Morgan fingerprint density at radius 1 is 1.35 bits per heavy atom. The van der Waals surface area contributed by atoms with E-state index < -0.39 is 0 Å². The summed E-state index contributed by atoms with van der Waals surface area (Å²) in [7, 11) is 1.64. The molecule has 0 atom stereocenters. The van der Waals surface area contributed by atoms with E-state index in [9.17, 15) is 4.79 Å². The van der Waals surface area contributed by atoms with Crippen LogP contribution >= 0.6 is 11.3 Å². The first-order valence-corrected chi connectivity index (χ1v) is 7.36. The first-order chi connectivity index (χ1) is 9.67. The van der Waals surface area contributed by atoms with E-state index in [4.69, 9.17) is 4.74 Å². The summed E-state index contributed by atoms with van der Waals surface area (Å²) in [6.07, 6.45) is 1.16. The molecule has 106 valence electrons. The molecule has 0 aliphatic carbocycles. The zero-order valence-electron chi connectivity index (χ0n) is 11.7. The van der Waals surface area contributed by atoms with Crippen molar-refractivity contribution < 1.29 is 9.53 Å². The number of aryl methyl sites for hydroxylation is 2. The lowest BCUT2D eigenvalue weighted by Crippen LogP contribution is -2.23. The van der Waals surface area contributed by atoms with E-state index in [1.807, 2.05) is 36.6 Å². The maximum atomic E-state index is 11.8. The number of hydrogen-bond donors (Lipinski definition) is 1. The highest BCUT2D eigenvalue weighted by molar-refractivity contribution is 7.09. The van der Waals surface area contributed by atoms with Crippen molar-refractivity contribution in [3.8, 4) is 5.75 Å². The largest absolute Gasteiger partial charge is 0.497 e. The van der Waals surface area contributed by atoms with Crippen LogP contribution in [-0.4, -0.2) is 18.0 Å². The van der Waals surface area contributed by atoms with Gasteiger partial charge in [-0.3, -0.25) is 4.79 Å². The van der Waals surface area contributed by atoms with Gasteiger partial charge in [0, 0.05) is 18.3 Å². The van der Waals surface area contributed by atoms with Crippen LogP contribution in [0.2, 0.25) is 0 Å². The minimum atomic E-state index is 0.0477. The molecule has 20 heavy (non-hydrogen) atoms. The fourth-order valence-corrected chi connectivity index (χ4v) is 2.44. The maximum Gasteiger partial charge on any atom is 0.220 e. The van der Waals surface area contributed by atoms with Crippen LogP contribution in [0.5, 0.6) is 5.75 Å². The molecular weight excluding hydrogens is 272 g/mol. The van der Waals surface area contributed by atoms with Gasteiger partial charge in [-0.25, -0.2) is 4.98 Å². The lowest BCUT2D eigenvalue weighted by molar-refractivity contribution is -0.121. The maximum absolute atomic E-state index is 11.8. The number of methoxy groups -OCH3 is 1. The lowest BCUT2D eigenvalue weighted by Gasteiger charge is -2.06. The Bertz CT molecular complexity index is 564. The Hall–Kier alpha value is -1.88. The summed E-state index contributed by atoms with van der Waals surface area (Å²) in [4.78, 5) is 16.1. The second kappa shape index (κ2) is 7.05. The number of rotatable bonds is 6. The predicted molar refractivity (Wildman–Crippen MR) is 80.0 cm³/mol. The van der Waals surface area contributed by atoms with Crippen LogP contribution in [0.4, 0.5) is 0 Å². The van der Waals surface area contributed by atoms with Crippen LogP contribution in [0.15, 0.2) is 29.6 Å². The third-order valence-electron chi connectivity index (χ3n) is 2.92.